The first kappa shape index (κ1) is 20.1. The van der Waals surface area contributed by atoms with Crippen LogP contribution < -0.4 is 11.1 Å². The van der Waals surface area contributed by atoms with Crippen LogP contribution in [0.3, 0.4) is 0 Å². The van der Waals surface area contributed by atoms with Gasteiger partial charge in [0.25, 0.3) is 5.91 Å². The number of rotatable bonds is 3. The number of carbonyl (C=O) groups is 1. The predicted molar refractivity (Wildman–Crippen MR) is 110 cm³/mol. The highest BCUT2D eigenvalue weighted by atomic mass is 35.5. The van der Waals surface area contributed by atoms with Gasteiger partial charge in [-0.2, -0.15) is 5.26 Å². The molecule has 3 rings (SSSR count). The fourth-order valence-corrected chi connectivity index (χ4v) is 3.72. The number of nitrogens with zero attached hydrogens (tertiary/aromatic N) is 1. The Morgan fingerprint density at radius 2 is 1.75 bits per heavy atom. The van der Waals surface area contributed by atoms with Crippen LogP contribution >= 0.6 is 34.8 Å². The summed E-state index contributed by atoms with van der Waals surface area (Å²) in [6.45, 7) is 1.59. The lowest BCUT2D eigenvalue weighted by Gasteiger charge is -2.28. The minimum Gasteiger partial charge on any atom is -0.445 e. The molecule has 0 fully saturated rings. The zero-order chi connectivity index (χ0) is 20.4. The quantitative estimate of drug-likeness (QED) is 0.680. The van der Waals surface area contributed by atoms with Crippen molar-refractivity contribution in [2.24, 2.45) is 5.73 Å². The Labute approximate surface area is 176 Å². The lowest BCUT2D eigenvalue weighted by Crippen LogP contribution is -2.28. The number of halogens is 3. The number of anilines is 1. The van der Waals surface area contributed by atoms with Crippen molar-refractivity contribution < 1.29 is 9.53 Å². The van der Waals surface area contributed by atoms with E-state index in [1.807, 2.05) is 6.07 Å². The zero-order valence-electron chi connectivity index (χ0n) is 14.6. The number of hydrogen-bond donors (Lipinski definition) is 2. The molecule has 28 heavy (non-hydrogen) atoms. The van der Waals surface area contributed by atoms with E-state index in [0.29, 0.717) is 26.3 Å². The van der Waals surface area contributed by atoms with Gasteiger partial charge in [-0.3, -0.25) is 4.79 Å². The molecule has 1 atom stereocenters. The largest absolute Gasteiger partial charge is 0.445 e. The van der Waals surface area contributed by atoms with Gasteiger partial charge >= 0.3 is 0 Å². The fourth-order valence-electron chi connectivity index (χ4n) is 2.98. The fraction of sp³-hybridized carbons (Fsp3) is 0.100. The van der Waals surface area contributed by atoms with Gasteiger partial charge in [-0.25, -0.2) is 0 Å². The molecule has 0 unspecified atom stereocenters. The van der Waals surface area contributed by atoms with Gasteiger partial charge in [-0.15, -0.1) is 0 Å². The molecule has 2 aromatic rings. The summed E-state index contributed by atoms with van der Waals surface area (Å²) in [5, 5.41) is 13.6. The summed E-state index contributed by atoms with van der Waals surface area (Å²) in [5.74, 6) is -1.18. The van der Waals surface area contributed by atoms with E-state index in [4.69, 9.17) is 45.3 Å². The molecule has 0 radical (unpaired) electrons. The lowest BCUT2D eigenvalue weighted by molar-refractivity contribution is -0.113. The van der Waals surface area contributed by atoms with Gasteiger partial charge in [-0.1, -0.05) is 40.9 Å². The van der Waals surface area contributed by atoms with Crippen LogP contribution in [0, 0.1) is 11.3 Å². The van der Waals surface area contributed by atoms with E-state index in [2.05, 4.69) is 5.32 Å². The van der Waals surface area contributed by atoms with E-state index in [-0.39, 0.29) is 22.8 Å². The standard InChI is InChI=1S/C20H14Cl3N3O2/c1-10-16(20(27)26-12-7-5-11(21)6-8-12)17(13(9-24)19(25)28-10)18-14(22)3-2-4-15(18)23/h2-8,17H,25H2,1H3,(H,26,27)/t17-/m1/s1. The summed E-state index contributed by atoms with van der Waals surface area (Å²) in [6.07, 6.45) is 0. The summed E-state index contributed by atoms with van der Waals surface area (Å²) in [7, 11) is 0. The minimum atomic E-state index is -0.868. The first-order chi connectivity index (χ1) is 13.3. The average molecular weight is 435 g/mol. The van der Waals surface area contributed by atoms with Gasteiger partial charge in [0.1, 0.15) is 17.4 Å². The van der Waals surface area contributed by atoms with E-state index in [1.165, 1.54) is 0 Å². The van der Waals surface area contributed by atoms with Crippen molar-refractivity contribution >= 4 is 46.4 Å². The first-order valence-electron chi connectivity index (χ1n) is 8.12. The van der Waals surface area contributed by atoms with Crippen molar-refractivity contribution in [1.29, 1.82) is 5.26 Å². The molecular formula is C20H14Cl3N3O2. The summed E-state index contributed by atoms with van der Waals surface area (Å²) < 4.78 is 5.46. The van der Waals surface area contributed by atoms with Gasteiger partial charge in [-0.05, 0) is 43.3 Å². The molecule has 0 bridgehead atoms. The van der Waals surface area contributed by atoms with Crippen LogP contribution in [0.2, 0.25) is 15.1 Å². The molecular weight excluding hydrogens is 421 g/mol. The number of benzene rings is 2. The molecule has 1 aliphatic rings. The van der Waals surface area contributed by atoms with Crippen LogP contribution in [0.5, 0.6) is 0 Å². The maximum Gasteiger partial charge on any atom is 0.255 e. The predicted octanol–water partition coefficient (Wildman–Crippen LogP) is 5.37. The molecule has 8 heteroatoms. The molecule has 3 N–H and O–H groups in total. The van der Waals surface area contributed by atoms with E-state index >= 15 is 0 Å². The van der Waals surface area contributed by atoms with Crippen molar-refractivity contribution in [3.8, 4) is 6.07 Å². The third-order valence-corrected chi connectivity index (χ3v) is 5.15. The van der Waals surface area contributed by atoms with E-state index in [0.717, 1.165) is 0 Å². The monoisotopic (exact) mass is 433 g/mol. The number of allylic oxidation sites excluding steroid dienone is 2. The van der Waals surface area contributed by atoms with Gasteiger partial charge in [0, 0.05) is 26.3 Å². The number of nitrogens with two attached hydrogens (primary N) is 1. The Morgan fingerprint density at radius 1 is 1.14 bits per heavy atom. The van der Waals surface area contributed by atoms with Crippen LogP contribution in [0.1, 0.15) is 18.4 Å². The molecule has 0 spiro atoms. The highest BCUT2D eigenvalue weighted by Crippen LogP contribution is 2.44. The summed E-state index contributed by atoms with van der Waals surface area (Å²) in [4.78, 5) is 13.1. The second-order valence-corrected chi connectivity index (χ2v) is 7.24. The number of ether oxygens (including phenoxy) is 1. The molecule has 5 nitrogen and oxygen atoms in total. The minimum absolute atomic E-state index is 0.0573. The molecule has 142 valence electrons. The Hall–Kier alpha value is -2.65. The topological polar surface area (TPSA) is 88.1 Å². The Balaban J connectivity index is 2.11. The Kier molecular flexibility index (Phi) is 5.85. The molecule has 0 saturated heterocycles. The molecule has 1 amide bonds. The first-order valence-corrected chi connectivity index (χ1v) is 9.26. The van der Waals surface area contributed by atoms with Crippen LogP contribution in [0.15, 0.2) is 65.3 Å². The lowest BCUT2D eigenvalue weighted by atomic mass is 9.82. The Bertz CT molecular complexity index is 1030. The number of carbonyl (C=O) groups excluding carboxylic acids is 1. The van der Waals surface area contributed by atoms with E-state index < -0.39 is 11.8 Å². The molecule has 1 heterocycles. The number of hydrogen-bond acceptors (Lipinski definition) is 4. The Morgan fingerprint density at radius 3 is 2.32 bits per heavy atom. The van der Waals surface area contributed by atoms with Crippen molar-refractivity contribution in [1.82, 2.24) is 0 Å². The van der Waals surface area contributed by atoms with Crippen molar-refractivity contribution in [2.75, 3.05) is 5.32 Å². The van der Waals surface area contributed by atoms with E-state index in [9.17, 15) is 10.1 Å². The van der Waals surface area contributed by atoms with Crippen LogP contribution in [0.25, 0.3) is 0 Å². The van der Waals surface area contributed by atoms with Crippen LogP contribution in [-0.2, 0) is 9.53 Å². The number of nitriles is 1. The normalized spacial score (nSPS) is 16.5. The third-order valence-electron chi connectivity index (χ3n) is 4.24. The van der Waals surface area contributed by atoms with Crippen LogP contribution in [0.4, 0.5) is 5.69 Å². The maximum absolute atomic E-state index is 13.1. The van der Waals surface area contributed by atoms with Gasteiger partial charge in [0.2, 0.25) is 5.88 Å². The highest BCUT2D eigenvalue weighted by molar-refractivity contribution is 6.36. The molecule has 0 saturated carbocycles. The van der Waals surface area contributed by atoms with Crippen molar-refractivity contribution in [2.45, 2.75) is 12.8 Å². The smallest absolute Gasteiger partial charge is 0.255 e. The van der Waals surface area contributed by atoms with E-state index in [1.54, 1.807) is 49.4 Å². The van der Waals surface area contributed by atoms with Crippen LogP contribution in [-0.4, -0.2) is 5.91 Å². The number of amides is 1. The second-order valence-electron chi connectivity index (χ2n) is 5.99. The van der Waals surface area contributed by atoms with Gasteiger partial charge < -0.3 is 15.8 Å². The summed E-state index contributed by atoms with van der Waals surface area (Å²) in [5.41, 5.74) is 7.09. The highest BCUT2D eigenvalue weighted by Gasteiger charge is 2.37. The summed E-state index contributed by atoms with van der Waals surface area (Å²) in [6, 6.07) is 13.6. The number of nitrogens with one attached hydrogen (secondary N) is 1. The molecule has 1 aliphatic heterocycles. The van der Waals surface area contributed by atoms with Crippen molar-refractivity contribution in [3.05, 3.63) is 85.9 Å². The molecule has 0 aromatic heterocycles. The van der Waals surface area contributed by atoms with Crippen molar-refractivity contribution in [3.63, 3.8) is 0 Å². The zero-order valence-corrected chi connectivity index (χ0v) is 16.9. The molecule has 2 aromatic carbocycles. The maximum atomic E-state index is 13.1. The third kappa shape index (κ3) is 3.81. The molecule has 0 aliphatic carbocycles. The van der Waals surface area contributed by atoms with Gasteiger partial charge in [0.15, 0.2) is 0 Å². The summed E-state index contributed by atoms with van der Waals surface area (Å²) >= 11 is 18.6. The SMILES string of the molecule is CC1=C(C(=O)Nc2ccc(Cl)cc2)[C@H](c2c(Cl)cccc2Cl)C(C#N)=C(N)O1. The second kappa shape index (κ2) is 8.15. The van der Waals surface area contributed by atoms with Gasteiger partial charge in [0.05, 0.1) is 11.5 Å². The average Bonchev–Trinajstić information content (AvgIpc) is 2.63.